The molecule has 0 spiro atoms. The number of nitrogens with two attached hydrogens (primary N) is 2. The van der Waals surface area contributed by atoms with Crippen molar-refractivity contribution < 1.29 is 9.68 Å². The first kappa shape index (κ1) is 10.5. The molecule has 2 rings (SSSR count). The zero-order valence-electron chi connectivity index (χ0n) is 8.59. The molecule has 0 saturated heterocycles. The molecule has 0 radical (unpaired) electrons. The molecular weight excluding hydrogens is 204 g/mol. The predicted molar refractivity (Wildman–Crippen MR) is 61.5 cm³/mol. The summed E-state index contributed by atoms with van der Waals surface area (Å²) in [6.07, 6.45) is 0. The number of hydrogen-bond donors (Lipinski definition) is 2. The van der Waals surface area contributed by atoms with Gasteiger partial charge in [-0.05, 0) is 35.4 Å². The zero-order valence-corrected chi connectivity index (χ0v) is 8.59. The average Bonchev–Trinajstić information content (AvgIpc) is 2.39. The van der Waals surface area contributed by atoms with Crippen LogP contribution in [0, 0.1) is 0 Å². The average molecular weight is 216 g/mol. The summed E-state index contributed by atoms with van der Waals surface area (Å²) in [5.41, 5.74) is 2.15. The number of hydrogen-bond acceptors (Lipinski definition) is 4. The van der Waals surface area contributed by atoms with Crippen LogP contribution in [-0.4, -0.2) is 0 Å². The van der Waals surface area contributed by atoms with Gasteiger partial charge in [-0.25, -0.2) is 0 Å². The molecule has 0 aliphatic heterocycles. The Morgan fingerprint density at radius 3 is 1.12 bits per heavy atom. The van der Waals surface area contributed by atoms with Crippen LogP contribution in [0.2, 0.25) is 0 Å². The first-order valence-corrected chi connectivity index (χ1v) is 4.77. The topological polar surface area (TPSA) is 70.5 Å². The molecule has 82 valence electrons. The second-order valence-electron chi connectivity index (χ2n) is 3.28. The van der Waals surface area contributed by atoms with Crippen LogP contribution in [0.5, 0.6) is 11.5 Å². The van der Waals surface area contributed by atoms with Crippen LogP contribution in [0.25, 0.3) is 11.1 Å². The van der Waals surface area contributed by atoms with Gasteiger partial charge in [0.1, 0.15) is 11.5 Å². The minimum atomic E-state index is 0.630. The molecule has 0 amide bonds. The predicted octanol–water partition coefficient (Wildman–Crippen LogP) is 1.86. The van der Waals surface area contributed by atoms with Crippen molar-refractivity contribution in [3.05, 3.63) is 48.5 Å². The standard InChI is InChI=1S/C12H12N2O2/c13-15-11-5-1-9(2-6-11)10-3-7-12(16-14)8-4-10/h1-8H,13-14H2. The van der Waals surface area contributed by atoms with Crippen molar-refractivity contribution in [1.29, 1.82) is 0 Å². The molecule has 0 atom stereocenters. The highest BCUT2D eigenvalue weighted by Crippen LogP contribution is 2.23. The van der Waals surface area contributed by atoms with Crippen molar-refractivity contribution in [1.82, 2.24) is 0 Å². The molecule has 0 bridgehead atoms. The van der Waals surface area contributed by atoms with E-state index >= 15 is 0 Å². The lowest BCUT2D eigenvalue weighted by atomic mass is 10.1. The highest BCUT2D eigenvalue weighted by atomic mass is 16.6. The van der Waals surface area contributed by atoms with E-state index in [1.54, 1.807) is 0 Å². The smallest absolute Gasteiger partial charge is 0.146 e. The lowest BCUT2D eigenvalue weighted by Gasteiger charge is -2.04. The molecule has 0 fully saturated rings. The van der Waals surface area contributed by atoms with Crippen molar-refractivity contribution in [2.24, 2.45) is 11.8 Å². The van der Waals surface area contributed by atoms with Crippen molar-refractivity contribution in [2.45, 2.75) is 0 Å². The number of benzene rings is 2. The minimum Gasteiger partial charge on any atom is -0.412 e. The first-order valence-electron chi connectivity index (χ1n) is 4.77. The van der Waals surface area contributed by atoms with E-state index in [-0.39, 0.29) is 0 Å². The Bertz CT molecular complexity index is 406. The van der Waals surface area contributed by atoms with Crippen LogP contribution < -0.4 is 21.5 Å². The van der Waals surface area contributed by atoms with Crippen LogP contribution in [0.1, 0.15) is 0 Å². The van der Waals surface area contributed by atoms with Gasteiger partial charge in [-0.1, -0.05) is 24.3 Å². The van der Waals surface area contributed by atoms with E-state index in [0.29, 0.717) is 11.5 Å². The Balaban J connectivity index is 2.28. The molecule has 4 N–H and O–H groups in total. The monoisotopic (exact) mass is 216 g/mol. The maximum atomic E-state index is 5.05. The van der Waals surface area contributed by atoms with Crippen molar-refractivity contribution >= 4 is 0 Å². The first-order chi connectivity index (χ1) is 7.83. The minimum absolute atomic E-state index is 0.630. The van der Waals surface area contributed by atoms with Crippen LogP contribution in [0.15, 0.2) is 48.5 Å². The van der Waals surface area contributed by atoms with Crippen molar-refractivity contribution in [2.75, 3.05) is 0 Å². The van der Waals surface area contributed by atoms with Crippen LogP contribution in [0.3, 0.4) is 0 Å². The summed E-state index contributed by atoms with van der Waals surface area (Å²) >= 11 is 0. The second kappa shape index (κ2) is 4.65. The summed E-state index contributed by atoms with van der Waals surface area (Å²) < 4.78 is 0. The summed E-state index contributed by atoms with van der Waals surface area (Å²) in [7, 11) is 0. The van der Waals surface area contributed by atoms with Gasteiger partial charge in [-0.2, -0.15) is 11.8 Å². The lowest BCUT2D eigenvalue weighted by molar-refractivity contribution is 0.334. The molecule has 4 nitrogen and oxygen atoms in total. The molecular formula is C12H12N2O2. The maximum absolute atomic E-state index is 5.05. The molecule has 16 heavy (non-hydrogen) atoms. The fourth-order valence-electron chi connectivity index (χ4n) is 1.45. The van der Waals surface area contributed by atoms with Gasteiger partial charge in [0.05, 0.1) is 0 Å². The van der Waals surface area contributed by atoms with E-state index in [0.717, 1.165) is 11.1 Å². The maximum Gasteiger partial charge on any atom is 0.146 e. The van der Waals surface area contributed by atoms with Gasteiger partial charge in [-0.15, -0.1) is 0 Å². The molecule has 0 aromatic heterocycles. The van der Waals surface area contributed by atoms with Crippen molar-refractivity contribution in [3.63, 3.8) is 0 Å². The summed E-state index contributed by atoms with van der Waals surface area (Å²) in [6, 6.07) is 15.0. The summed E-state index contributed by atoms with van der Waals surface area (Å²) in [5.74, 6) is 11.4. The van der Waals surface area contributed by atoms with Crippen molar-refractivity contribution in [3.8, 4) is 22.6 Å². The van der Waals surface area contributed by atoms with Crippen LogP contribution >= 0.6 is 0 Å². The third-order valence-corrected chi connectivity index (χ3v) is 2.31. The third kappa shape index (κ3) is 2.13. The molecule has 2 aromatic carbocycles. The Labute approximate surface area is 93.3 Å². The highest BCUT2D eigenvalue weighted by Gasteiger charge is 1.99. The summed E-state index contributed by atoms with van der Waals surface area (Å²) in [5, 5.41) is 0. The zero-order chi connectivity index (χ0) is 11.4. The normalized spacial score (nSPS) is 9.88. The van der Waals surface area contributed by atoms with Gasteiger partial charge in [-0.3, -0.25) is 0 Å². The van der Waals surface area contributed by atoms with Gasteiger partial charge in [0.25, 0.3) is 0 Å². The SMILES string of the molecule is NOc1ccc(-c2ccc(ON)cc2)cc1. The number of rotatable bonds is 3. The van der Waals surface area contributed by atoms with Crippen LogP contribution in [0.4, 0.5) is 0 Å². The largest absolute Gasteiger partial charge is 0.412 e. The Morgan fingerprint density at radius 1 is 0.562 bits per heavy atom. The molecule has 0 heterocycles. The lowest BCUT2D eigenvalue weighted by Crippen LogP contribution is -2.01. The highest BCUT2D eigenvalue weighted by molar-refractivity contribution is 5.64. The van der Waals surface area contributed by atoms with Crippen LogP contribution in [-0.2, 0) is 0 Å². The second-order valence-corrected chi connectivity index (χ2v) is 3.28. The fraction of sp³-hybridized carbons (Fsp3) is 0. The Kier molecular flexibility index (Phi) is 3.05. The molecule has 0 unspecified atom stereocenters. The fourth-order valence-corrected chi connectivity index (χ4v) is 1.45. The summed E-state index contributed by atoms with van der Waals surface area (Å²) in [4.78, 5) is 9.21. The summed E-state index contributed by atoms with van der Waals surface area (Å²) in [6.45, 7) is 0. The van der Waals surface area contributed by atoms with E-state index in [4.69, 9.17) is 11.8 Å². The molecule has 0 aliphatic rings. The molecule has 2 aromatic rings. The van der Waals surface area contributed by atoms with Gasteiger partial charge >= 0.3 is 0 Å². The van der Waals surface area contributed by atoms with Gasteiger partial charge in [0, 0.05) is 0 Å². The third-order valence-electron chi connectivity index (χ3n) is 2.31. The van der Waals surface area contributed by atoms with Gasteiger partial charge in [0.2, 0.25) is 0 Å². The Morgan fingerprint density at radius 2 is 0.875 bits per heavy atom. The van der Waals surface area contributed by atoms with E-state index < -0.39 is 0 Å². The molecule has 4 heteroatoms. The van der Waals surface area contributed by atoms with E-state index in [9.17, 15) is 0 Å². The molecule has 0 saturated carbocycles. The van der Waals surface area contributed by atoms with Gasteiger partial charge < -0.3 is 9.68 Å². The molecule has 0 aliphatic carbocycles. The quantitative estimate of drug-likeness (QED) is 0.768. The van der Waals surface area contributed by atoms with E-state index in [1.165, 1.54) is 0 Å². The van der Waals surface area contributed by atoms with Gasteiger partial charge in [0.15, 0.2) is 0 Å². The van der Waals surface area contributed by atoms with E-state index in [1.807, 2.05) is 48.5 Å². The Hall–Kier alpha value is -2.04. The van der Waals surface area contributed by atoms with E-state index in [2.05, 4.69) is 9.68 Å².